The molecule has 0 saturated heterocycles. The molecule has 0 saturated carbocycles. The number of nitrogens with zero attached hydrogens (tertiary/aromatic N) is 2. The number of aromatic nitrogens is 2. The Bertz CT molecular complexity index is 895. The molecule has 1 aliphatic rings. The van der Waals surface area contributed by atoms with Gasteiger partial charge in [-0.3, -0.25) is 0 Å². The highest BCUT2D eigenvalue weighted by atomic mass is 35.5. The largest absolute Gasteiger partial charge is 0.365 e. The van der Waals surface area contributed by atoms with Crippen LogP contribution in [0, 0.1) is 0 Å². The van der Waals surface area contributed by atoms with E-state index in [4.69, 9.17) is 28.9 Å². The number of nitrogens with one attached hydrogen (secondary N) is 2. The summed E-state index contributed by atoms with van der Waals surface area (Å²) in [6.45, 7) is 0. The summed E-state index contributed by atoms with van der Waals surface area (Å²) < 4.78 is 2.00. The zero-order chi connectivity index (χ0) is 15.3. The summed E-state index contributed by atoms with van der Waals surface area (Å²) in [5.41, 5.74) is 8.61. The Hall–Kier alpha value is -2.24. The minimum Gasteiger partial charge on any atom is -0.357 e. The molecule has 0 unspecified atom stereocenters. The fourth-order valence-electron chi connectivity index (χ4n) is 2.74. The van der Waals surface area contributed by atoms with Crippen molar-refractivity contribution in [2.24, 2.45) is 10.7 Å². The molecule has 5 nitrogen and oxygen atoms in total. The lowest BCUT2D eigenvalue weighted by Gasteiger charge is -2.19. The second-order valence-electron chi connectivity index (χ2n) is 5.01. The van der Waals surface area contributed by atoms with Gasteiger partial charge < -0.3 is 5.73 Å². The van der Waals surface area contributed by atoms with Crippen molar-refractivity contribution in [3.63, 3.8) is 0 Å². The summed E-state index contributed by atoms with van der Waals surface area (Å²) in [6.07, 6.45) is -0.423. The van der Waals surface area contributed by atoms with Gasteiger partial charge in [-0.15, -0.1) is 0 Å². The summed E-state index contributed by atoms with van der Waals surface area (Å²) in [6, 6.07) is 13.3. The highest BCUT2D eigenvalue weighted by Crippen LogP contribution is 2.33. The van der Waals surface area contributed by atoms with Crippen LogP contribution in [0.25, 0.3) is 11.0 Å². The first-order valence-electron chi connectivity index (χ1n) is 6.71. The van der Waals surface area contributed by atoms with Crippen LogP contribution in [0.1, 0.15) is 11.7 Å². The molecule has 4 rings (SSSR count). The second-order valence-corrected chi connectivity index (χ2v) is 5.82. The van der Waals surface area contributed by atoms with E-state index in [-0.39, 0.29) is 0 Å². The first-order valence-corrected chi connectivity index (χ1v) is 7.47. The van der Waals surface area contributed by atoms with Gasteiger partial charge in [-0.25, -0.2) is 14.9 Å². The molecule has 0 radical (unpaired) electrons. The Morgan fingerprint density at radius 1 is 1.05 bits per heavy atom. The van der Waals surface area contributed by atoms with Crippen molar-refractivity contribution in [2.45, 2.75) is 6.17 Å². The SMILES string of the molecule is NC1=N[C@H](c2c(Cl)cccc2Cl)[n+]2c([nH]c3ccccc32)N1. The molecular weight excluding hydrogens is 321 g/mol. The Morgan fingerprint density at radius 2 is 1.77 bits per heavy atom. The van der Waals surface area contributed by atoms with Gasteiger partial charge in [-0.1, -0.05) is 41.4 Å². The molecule has 7 heteroatoms. The summed E-state index contributed by atoms with van der Waals surface area (Å²) >= 11 is 12.7. The lowest BCUT2D eigenvalue weighted by Crippen LogP contribution is -2.48. The van der Waals surface area contributed by atoms with Gasteiger partial charge in [0, 0.05) is 5.56 Å². The maximum absolute atomic E-state index is 6.36. The van der Waals surface area contributed by atoms with E-state index >= 15 is 0 Å². The van der Waals surface area contributed by atoms with Gasteiger partial charge in [0.05, 0.1) is 10.0 Å². The maximum Gasteiger partial charge on any atom is 0.365 e. The van der Waals surface area contributed by atoms with Crippen LogP contribution in [0.4, 0.5) is 5.95 Å². The molecule has 1 aromatic heterocycles. The van der Waals surface area contributed by atoms with Gasteiger partial charge >= 0.3 is 5.95 Å². The number of imidazole rings is 1. The third kappa shape index (κ3) is 1.94. The van der Waals surface area contributed by atoms with E-state index in [0.29, 0.717) is 16.0 Å². The monoisotopic (exact) mass is 332 g/mol. The van der Waals surface area contributed by atoms with E-state index < -0.39 is 6.17 Å². The molecule has 3 aromatic rings. The summed E-state index contributed by atoms with van der Waals surface area (Å²) in [5.74, 6) is 1.06. The first-order chi connectivity index (χ1) is 10.6. The van der Waals surface area contributed by atoms with Crippen LogP contribution in [-0.4, -0.2) is 10.9 Å². The zero-order valence-electron chi connectivity index (χ0n) is 11.3. The quantitative estimate of drug-likeness (QED) is 0.599. The number of H-pyrrole nitrogens is 1. The van der Waals surface area contributed by atoms with Gasteiger partial charge in [0.2, 0.25) is 6.17 Å². The molecule has 0 amide bonds. The number of benzene rings is 2. The smallest absolute Gasteiger partial charge is 0.357 e. The fourth-order valence-corrected chi connectivity index (χ4v) is 3.33. The van der Waals surface area contributed by atoms with E-state index in [1.165, 1.54) is 0 Å². The van der Waals surface area contributed by atoms with Gasteiger partial charge in [0.1, 0.15) is 11.0 Å². The average Bonchev–Trinajstić information content (AvgIpc) is 2.84. The average molecular weight is 333 g/mol. The lowest BCUT2D eigenvalue weighted by molar-refractivity contribution is -0.674. The van der Waals surface area contributed by atoms with Crippen LogP contribution in [-0.2, 0) is 0 Å². The molecule has 110 valence electrons. The predicted molar refractivity (Wildman–Crippen MR) is 88.3 cm³/mol. The molecule has 0 spiro atoms. The minimum absolute atomic E-state index is 0.313. The summed E-state index contributed by atoms with van der Waals surface area (Å²) in [4.78, 5) is 7.79. The third-order valence-electron chi connectivity index (χ3n) is 3.67. The highest BCUT2D eigenvalue weighted by molar-refractivity contribution is 6.36. The summed E-state index contributed by atoms with van der Waals surface area (Å²) in [5, 5.41) is 4.15. The molecule has 4 N–H and O–H groups in total. The Labute approximate surface area is 136 Å². The molecular formula is C15H12Cl2N5+. The molecule has 0 aliphatic carbocycles. The molecule has 0 fully saturated rings. The van der Waals surface area contributed by atoms with Gasteiger partial charge in [-0.2, -0.15) is 4.99 Å². The number of fused-ring (bicyclic) bond motifs is 3. The number of aromatic amines is 1. The Morgan fingerprint density at radius 3 is 2.55 bits per heavy atom. The fraction of sp³-hybridized carbons (Fsp3) is 0.0667. The van der Waals surface area contributed by atoms with Crippen molar-refractivity contribution in [1.29, 1.82) is 0 Å². The standard InChI is InChI=1S/C15H11Cl2N5/c16-8-4-3-5-9(17)12(8)13-20-14(18)21-15-19-10-6-1-2-7-11(10)22(13)15/h1-7,13H,(H3,18,19,20,21)/p+1/t13-/m0/s1. The molecule has 22 heavy (non-hydrogen) atoms. The van der Waals surface area contributed by atoms with Crippen LogP contribution >= 0.6 is 23.2 Å². The number of rotatable bonds is 1. The van der Waals surface area contributed by atoms with E-state index in [1.807, 2.05) is 34.9 Å². The second kappa shape index (κ2) is 4.90. The van der Waals surface area contributed by atoms with Crippen molar-refractivity contribution in [3.8, 4) is 0 Å². The topological polar surface area (TPSA) is 70.1 Å². The van der Waals surface area contributed by atoms with Gasteiger partial charge in [-0.05, 0) is 24.3 Å². The summed E-state index contributed by atoms with van der Waals surface area (Å²) in [7, 11) is 0. The van der Waals surface area contributed by atoms with Crippen LogP contribution in [0.15, 0.2) is 47.5 Å². The molecule has 1 aliphatic heterocycles. The Kier molecular flexibility index (Phi) is 2.99. The molecule has 2 heterocycles. The van der Waals surface area contributed by atoms with Crippen LogP contribution < -0.4 is 15.6 Å². The number of para-hydroxylation sites is 2. The lowest BCUT2D eigenvalue weighted by atomic mass is 10.1. The number of hydrogen-bond donors (Lipinski definition) is 3. The maximum atomic E-state index is 6.36. The number of nitrogens with two attached hydrogens (primary N) is 1. The van der Waals surface area contributed by atoms with Crippen LogP contribution in [0.2, 0.25) is 10.0 Å². The minimum atomic E-state index is -0.423. The first kappa shape index (κ1) is 13.4. The molecule has 2 aromatic carbocycles. The van der Waals surface area contributed by atoms with Crippen molar-refractivity contribution in [1.82, 2.24) is 4.98 Å². The van der Waals surface area contributed by atoms with E-state index in [1.54, 1.807) is 12.1 Å². The van der Waals surface area contributed by atoms with Crippen molar-refractivity contribution < 1.29 is 4.57 Å². The van der Waals surface area contributed by atoms with Crippen molar-refractivity contribution >= 4 is 46.1 Å². The van der Waals surface area contributed by atoms with Crippen molar-refractivity contribution in [3.05, 3.63) is 58.1 Å². The molecule has 0 bridgehead atoms. The number of guanidine groups is 1. The zero-order valence-corrected chi connectivity index (χ0v) is 12.9. The number of halogens is 2. The molecule has 1 atom stereocenters. The van der Waals surface area contributed by atoms with Gasteiger partial charge in [0.15, 0.2) is 0 Å². The highest BCUT2D eigenvalue weighted by Gasteiger charge is 2.33. The third-order valence-corrected chi connectivity index (χ3v) is 4.33. The van der Waals surface area contributed by atoms with E-state index in [9.17, 15) is 0 Å². The number of aliphatic imine (C=N–C) groups is 1. The van der Waals surface area contributed by atoms with Crippen LogP contribution in [0.3, 0.4) is 0 Å². The Balaban J connectivity index is 2.03. The number of hydrogen-bond acceptors (Lipinski definition) is 3. The number of anilines is 1. The van der Waals surface area contributed by atoms with Crippen LogP contribution in [0.5, 0.6) is 0 Å². The van der Waals surface area contributed by atoms with Gasteiger partial charge in [0.25, 0.3) is 5.96 Å². The van der Waals surface area contributed by atoms with Crippen molar-refractivity contribution in [2.75, 3.05) is 5.32 Å². The van der Waals surface area contributed by atoms with E-state index in [2.05, 4.69) is 15.3 Å². The predicted octanol–water partition coefficient (Wildman–Crippen LogP) is 3.05. The van der Waals surface area contributed by atoms with E-state index in [0.717, 1.165) is 22.5 Å². The normalized spacial score (nSPS) is 17.0.